The second kappa shape index (κ2) is 10.3. The molecule has 0 aliphatic carbocycles. The molecule has 0 radical (unpaired) electrons. The van der Waals surface area contributed by atoms with Crippen LogP contribution in [0.4, 0.5) is 13.2 Å². The molecule has 1 N–H and O–H groups in total. The van der Waals surface area contributed by atoms with Gasteiger partial charge >= 0.3 is 6.18 Å². The molecule has 35 heavy (non-hydrogen) atoms. The van der Waals surface area contributed by atoms with Gasteiger partial charge in [-0.3, -0.25) is 19.5 Å². The molecule has 1 saturated heterocycles. The van der Waals surface area contributed by atoms with Crippen molar-refractivity contribution in [3.63, 3.8) is 0 Å². The fraction of sp³-hybridized carbons (Fsp3) is 0.333. The molecule has 3 aromatic rings. The van der Waals surface area contributed by atoms with Gasteiger partial charge in [-0.1, -0.05) is 0 Å². The minimum Gasteiger partial charge on any atom is -0.435 e. The lowest BCUT2D eigenvalue weighted by atomic mass is 10.1. The summed E-state index contributed by atoms with van der Waals surface area (Å²) in [5, 5.41) is 2.83. The minimum absolute atomic E-state index is 0.0225. The van der Waals surface area contributed by atoms with Gasteiger partial charge in [-0.25, -0.2) is 4.98 Å². The molecule has 184 valence electrons. The molecule has 0 unspecified atom stereocenters. The van der Waals surface area contributed by atoms with Gasteiger partial charge in [0.05, 0.1) is 5.56 Å². The maximum absolute atomic E-state index is 13.0. The summed E-state index contributed by atoms with van der Waals surface area (Å²) >= 11 is 0. The summed E-state index contributed by atoms with van der Waals surface area (Å²) < 4.78 is 44.5. The van der Waals surface area contributed by atoms with Crippen LogP contribution in [0.1, 0.15) is 23.0 Å². The van der Waals surface area contributed by atoms with Gasteiger partial charge in [0, 0.05) is 69.7 Å². The van der Waals surface area contributed by atoms with Gasteiger partial charge in [-0.05, 0) is 36.4 Å². The average molecular weight is 487 g/mol. The number of hydrogen-bond donors (Lipinski definition) is 1. The van der Waals surface area contributed by atoms with Crippen LogP contribution in [0.2, 0.25) is 0 Å². The van der Waals surface area contributed by atoms with Crippen molar-refractivity contribution in [3.05, 3.63) is 60.0 Å². The van der Waals surface area contributed by atoms with E-state index in [0.717, 1.165) is 25.2 Å². The second-order valence-corrected chi connectivity index (χ2v) is 8.12. The molecule has 0 bridgehead atoms. The van der Waals surface area contributed by atoms with E-state index in [4.69, 9.17) is 4.42 Å². The molecule has 1 fully saturated rings. The van der Waals surface area contributed by atoms with E-state index in [-0.39, 0.29) is 23.3 Å². The highest BCUT2D eigenvalue weighted by Gasteiger charge is 2.30. The first kappa shape index (κ1) is 24.4. The van der Waals surface area contributed by atoms with Crippen LogP contribution in [0.3, 0.4) is 0 Å². The summed E-state index contributed by atoms with van der Waals surface area (Å²) in [6.45, 7) is 5.24. The fourth-order valence-electron chi connectivity index (χ4n) is 3.79. The lowest BCUT2D eigenvalue weighted by Crippen LogP contribution is -2.49. The van der Waals surface area contributed by atoms with E-state index in [1.54, 1.807) is 30.2 Å². The Hall–Kier alpha value is -3.73. The van der Waals surface area contributed by atoms with Gasteiger partial charge in [0.1, 0.15) is 0 Å². The number of amides is 2. The number of carbonyl (C=O) groups is 2. The third-order valence-electron chi connectivity index (χ3n) is 5.76. The number of oxazole rings is 1. The molecular formula is C24H24F3N5O3. The lowest BCUT2D eigenvalue weighted by Gasteiger charge is -2.34. The van der Waals surface area contributed by atoms with E-state index in [1.165, 1.54) is 18.3 Å². The Kier molecular flexibility index (Phi) is 7.15. The number of pyridine rings is 1. The van der Waals surface area contributed by atoms with Crippen molar-refractivity contribution in [2.75, 3.05) is 39.3 Å². The van der Waals surface area contributed by atoms with E-state index in [2.05, 4.69) is 20.2 Å². The van der Waals surface area contributed by atoms with Crippen LogP contribution in [0, 0.1) is 0 Å². The first-order valence-electron chi connectivity index (χ1n) is 11.1. The van der Waals surface area contributed by atoms with Crippen LogP contribution in [0.5, 0.6) is 0 Å². The summed E-state index contributed by atoms with van der Waals surface area (Å²) in [7, 11) is 0. The Morgan fingerprint density at radius 3 is 2.37 bits per heavy atom. The number of alkyl halides is 3. The van der Waals surface area contributed by atoms with Crippen molar-refractivity contribution in [1.82, 2.24) is 25.1 Å². The van der Waals surface area contributed by atoms with Crippen LogP contribution in [0.25, 0.3) is 22.8 Å². The van der Waals surface area contributed by atoms with E-state index in [1.807, 2.05) is 0 Å². The summed E-state index contributed by atoms with van der Waals surface area (Å²) in [6.07, 6.45) is -1.37. The number of halogens is 3. The van der Waals surface area contributed by atoms with Crippen molar-refractivity contribution in [1.29, 1.82) is 0 Å². The second-order valence-electron chi connectivity index (χ2n) is 8.12. The molecule has 0 spiro atoms. The predicted octanol–water partition coefficient (Wildman–Crippen LogP) is 3.32. The van der Waals surface area contributed by atoms with Gasteiger partial charge in [-0.15, -0.1) is 0 Å². The van der Waals surface area contributed by atoms with E-state index < -0.39 is 17.6 Å². The first-order valence-corrected chi connectivity index (χ1v) is 11.1. The maximum Gasteiger partial charge on any atom is 0.416 e. The van der Waals surface area contributed by atoms with Crippen LogP contribution in [-0.2, 0) is 11.0 Å². The van der Waals surface area contributed by atoms with Crippen LogP contribution in [0.15, 0.2) is 53.2 Å². The highest BCUT2D eigenvalue weighted by atomic mass is 19.4. The zero-order valence-electron chi connectivity index (χ0n) is 19.0. The van der Waals surface area contributed by atoms with Crippen molar-refractivity contribution >= 4 is 11.8 Å². The highest BCUT2D eigenvalue weighted by molar-refractivity contribution is 5.98. The Morgan fingerprint density at radius 1 is 1.06 bits per heavy atom. The number of nitrogens with one attached hydrogen (secondary N) is 1. The van der Waals surface area contributed by atoms with Gasteiger partial charge in [0.25, 0.3) is 5.91 Å². The molecular weight excluding hydrogens is 463 g/mol. The monoisotopic (exact) mass is 487 g/mol. The number of aromatic nitrogens is 2. The molecule has 0 atom stereocenters. The Labute approximate surface area is 199 Å². The highest BCUT2D eigenvalue weighted by Crippen LogP contribution is 2.33. The van der Waals surface area contributed by atoms with Crippen molar-refractivity contribution in [2.24, 2.45) is 0 Å². The number of benzene rings is 1. The SMILES string of the molecule is CC(=O)N1CCN(CCNC(=O)c2nc(-c3ccc(C(F)(F)F)cc3)oc2-c2cccnc2)CC1. The molecule has 11 heteroatoms. The van der Waals surface area contributed by atoms with Crippen LogP contribution >= 0.6 is 0 Å². The summed E-state index contributed by atoms with van der Waals surface area (Å²) in [6, 6.07) is 7.77. The number of rotatable bonds is 6. The molecule has 3 heterocycles. The fourth-order valence-corrected chi connectivity index (χ4v) is 3.79. The Morgan fingerprint density at radius 2 is 1.77 bits per heavy atom. The zero-order chi connectivity index (χ0) is 25.0. The maximum atomic E-state index is 13.0. The zero-order valence-corrected chi connectivity index (χ0v) is 19.0. The van der Waals surface area contributed by atoms with E-state index >= 15 is 0 Å². The van der Waals surface area contributed by atoms with Crippen LogP contribution in [-0.4, -0.2) is 70.9 Å². The average Bonchev–Trinajstić information content (AvgIpc) is 3.30. The minimum atomic E-state index is -4.46. The standard InChI is InChI=1S/C24H24F3N5O3/c1-16(33)32-13-11-31(12-14-32)10-9-29-22(34)20-21(18-3-2-8-28-15-18)35-23(30-20)17-4-6-19(7-5-17)24(25,26)27/h2-8,15H,9-14H2,1H3,(H,29,34). The number of carbonyl (C=O) groups excluding carboxylic acids is 2. The van der Waals surface area contributed by atoms with E-state index in [0.29, 0.717) is 37.3 Å². The molecule has 0 saturated carbocycles. The summed E-state index contributed by atoms with van der Waals surface area (Å²) in [5.41, 5.74) is 0.0610. The smallest absolute Gasteiger partial charge is 0.416 e. The van der Waals surface area contributed by atoms with Gasteiger partial charge < -0.3 is 14.6 Å². The number of hydrogen-bond acceptors (Lipinski definition) is 6. The molecule has 4 rings (SSSR count). The third kappa shape index (κ3) is 5.86. The lowest BCUT2D eigenvalue weighted by molar-refractivity contribution is -0.137. The summed E-state index contributed by atoms with van der Waals surface area (Å²) in [4.78, 5) is 36.7. The van der Waals surface area contributed by atoms with E-state index in [9.17, 15) is 22.8 Å². The van der Waals surface area contributed by atoms with Gasteiger partial charge in [0.2, 0.25) is 11.8 Å². The van der Waals surface area contributed by atoms with Crippen molar-refractivity contribution in [3.8, 4) is 22.8 Å². The number of nitrogens with zero attached hydrogens (tertiary/aromatic N) is 4. The normalized spacial score (nSPS) is 14.7. The van der Waals surface area contributed by atoms with Crippen LogP contribution < -0.4 is 5.32 Å². The molecule has 1 aliphatic heterocycles. The molecule has 1 aliphatic rings. The quantitative estimate of drug-likeness (QED) is 0.574. The topological polar surface area (TPSA) is 91.6 Å². The third-order valence-corrected chi connectivity index (χ3v) is 5.76. The largest absolute Gasteiger partial charge is 0.435 e. The van der Waals surface area contributed by atoms with Crippen molar-refractivity contribution in [2.45, 2.75) is 13.1 Å². The molecule has 1 aromatic carbocycles. The molecule has 2 aromatic heterocycles. The summed E-state index contributed by atoms with van der Waals surface area (Å²) in [5.74, 6) is -0.201. The van der Waals surface area contributed by atoms with Crippen molar-refractivity contribution < 1.29 is 27.2 Å². The number of piperazine rings is 1. The molecule has 8 nitrogen and oxygen atoms in total. The predicted molar refractivity (Wildman–Crippen MR) is 121 cm³/mol. The Bertz CT molecular complexity index is 1170. The Balaban J connectivity index is 1.48. The first-order chi connectivity index (χ1) is 16.7. The molecule has 2 amide bonds. The van der Waals surface area contributed by atoms with Gasteiger partial charge in [-0.2, -0.15) is 13.2 Å². The van der Waals surface area contributed by atoms with Gasteiger partial charge in [0.15, 0.2) is 11.5 Å².